The molecule has 0 radical (unpaired) electrons. The zero-order chi connectivity index (χ0) is 76.6. The van der Waals surface area contributed by atoms with Crippen LogP contribution in [-0.2, 0) is 47.0 Å². The normalized spacial score (nSPS) is 25.3. The third-order valence-electron chi connectivity index (χ3n) is 21.8. The van der Waals surface area contributed by atoms with Crippen molar-refractivity contribution in [1.29, 1.82) is 5.26 Å². The van der Waals surface area contributed by atoms with E-state index >= 15 is 0 Å². The Morgan fingerprint density at radius 3 is 1.29 bits per heavy atom. The first kappa shape index (κ1) is 88.8. The molecule has 9 aliphatic heterocycles. The molecule has 5 aromatic rings. The lowest BCUT2D eigenvalue weighted by Crippen LogP contribution is -2.59. The molecule has 9 saturated heterocycles. The van der Waals surface area contributed by atoms with Gasteiger partial charge in [-0.25, -0.2) is 0 Å². The number of carbonyl (C=O) groups is 3. The molecular formula is C84H126Cl3N15O7. The maximum atomic E-state index is 13.0. The number of aliphatic hydroxyl groups excluding tert-OH is 4. The van der Waals surface area contributed by atoms with E-state index in [-0.39, 0.29) is 62.0 Å². The fourth-order valence-corrected chi connectivity index (χ4v) is 16.6. The summed E-state index contributed by atoms with van der Waals surface area (Å²) in [6, 6.07) is 51.7. The average Bonchev–Trinajstić information content (AvgIpc) is 1.48. The van der Waals surface area contributed by atoms with Crippen molar-refractivity contribution in [2.75, 3.05) is 183 Å². The molecule has 0 spiro atoms. The smallest absolute Gasteiger partial charge is 0.227 e. The second-order valence-electron chi connectivity index (χ2n) is 30.4. The van der Waals surface area contributed by atoms with E-state index in [1.54, 1.807) is 36.9 Å². The first-order valence-electron chi connectivity index (χ1n) is 39.3. The third-order valence-corrected chi connectivity index (χ3v) is 22.9. The molecular weight excluding hydrogens is 1440 g/mol. The van der Waals surface area contributed by atoms with Gasteiger partial charge in [0.1, 0.15) is 0 Å². The van der Waals surface area contributed by atoms with Gasteiger partial charge in [-0.15, -0.1) is 11.6 Å². The lowest BCUT2D eigenvalue weighted by Gasteiger charge is -2.43. The Morgan fingerprint density at radius 1 is 0.440 bits per heavy atom. The lowest BCUT2D eigenvalue weighted by molar-refractivity contribution is -0.142. The van der Waals surface area contributed by atoms with Crippen molar-refractivity contribution in [1.82, 2.24) is 69.8 Å². The van der Waals surface area contributed by atoms with Gasteiger partial charge in [0.05, 0.1) is 53.0 Å². The Balaban J connectivity index is 0.000000173. The fraction of sp³-hybridized carbons (Fsp3) is 0.595. The summed E-state index contributed by atoms with van der Waals surface area (Å²) in [7, 11) is 0. The van der Waals surface area contributed by atoms with Crippen molar-refractivity contribution in [3.8, 4) is 6.07 Å². The molecule has 0 aromatic heterocycles. The van der Waals surface area contributed by atoms with Crippen LogP contribution in [0.2, 0.25) is 10.0 Å². The zero-order valence-electron chi connectivity index (χ0n) is 64.2. The van der Waals surface area contributed by atoms with E-state index in [9.17, 15) is 34.8 Å². The molecule has 109 heavy (non-hydrogen) atoms. The van der Waals surface area contributed by atoms with Gasteiger partial charge in [-0.05, 0) is 65.6 Å². The maximum absolute atomic E-state index is 13.0. The van der Waals surface area contributed by atoms with E-state index in [0.717, 1.165) is 201 Å². The molecule has 7 unspecified atom stereocenters. The van der Waals surface area contributed by atoms with Crippen LogP contribution in [-0.4, -0.2) is 329 Å². The van der Waals surface area contributed by atoms with Gasteiger partial charge in [-0.2, -0.15) is 5.26 Å². The standard InChI is InChI=1S/C23H31N3O.C19H25Cl2N3O3.C19H23ClN2.C11H21N3O2.C9H19N3O.C2H3N.CH4/c27-23-11-12-24(19-23)17-22-18-25(15-20-7-3-1-4-8-20)13-14-26(22)16-21-9-5-2-6-10-21;1-13(25)23-6-7-24(15(11-23)10-22-5-4-16(26)12-22)19(27)9-14-2-3-17(20)18(21)8-14;20-13-19-16-21(14-17-7-3-1-4-8-17)11-12-22(19)15-18-9-5-2-6-10-18;1-9(15)14-5-3-12-10(7-14)6-13-4-2-11(16)8-13;13-9-1-4-12(7-9)6-8-5-10-2-3-11-8;1-2-3;/h1-10,22-23,27H,11-19H2;2-3,8,15-16,26H,4-7,9-12H2,1H3;1-10,19H,11-16H2;10-12,16H,2-8H2,1H3;8-11,13H,1-7H2;1H3;1H4/t22?,23-;;;;8?,9-;;/m1...1../s1. The number of likely N-dealkylation sites (tertiary alicyclic amines) is 4. The second kappa shape index (κ2) is 47.7. The first-order chi connectivity index (χ1) is 52.3. The Morgan fingerprint density at radius 2 is 0.862 bits per heavy atom. The number of hydrogen-bond donors (Lipinski definition) is 7. The highest BCUT2D eigenvalue weighted by molar-refractivity contribution is 6.42. The molecule has 9 aliphatic rings. The molecule has 3 amide bonds. The van der Waals surface area contributed by atoms with Crippen molar-refractivity contribution in [3.63, 3.8) is 0 Å². The second-order valence-corrected chi connectivity index (χ2v) is 31.6. The highest BCUT2D eigenvalue weighted by atomic mass is 35.5. The minimum absolute atomic E-state index is 0. The van der Waals surface area contributed by atoms with Gasteiger partial charge in [0.25, 0.3) is 0 Å². The predicted molar refractivity (Wildman–Crippen MR) is 438 cm³/mol. The number of halogens is 3. The maximum Gasteiger partial charge on any atom is 0.227 e. The number of nitriles is 1. The summed E-state index contributed by atoms with van der Waals surface area (Å²) < 4.78 is 0. The van der Waals surface area contributed by atoms with Crippen molar-refractivity contribution < 1.29 is 34.8 Å². The van der Waals surface area contributed by atoms with Gasteiger partial charge >= 0.3 is 0 Å². The van der Waals surface area contributed by atoms with Crippen LogP contribution < -0.4 is 16.0 Å². The van der Waals surface area contributed by atoms with Gasteiger partial charge in [-0.3, -0.25) is 53.6 Å². The quantitative estimate of drug-likeness (QED) is 0.0446. The van der Waals surface area contributed by atoms with E-state index in [2.05, 4.69) is 176 Å². The average molecular weight is 1560 g/mol. The van der Waals surface area contributed by atoms with Crippen LogP contribution in [0, 0.1) is 11.3 Å². The van der Waals surface area contributed by atoms with Crippen LogP contribution in [0.25, 0.3) is 0 Å². The predicted octanol–water partition coefficient (Wildman–Crippen LogP) is 6.37. The number of hydrogen-bond acceptors (Lipinski definition) is 19. The van der Waals surface area contributed by atoms with Crippen LogP contribution in [0.3, 0.4) is 0 Å². The van der Waals surface area contributed by atoms with Gasteiger partial charge in [0.15, 0.2) is 0 Å². The van der Waals surface area contributed by atoms with E-state index in [4.69, 9.17) is 40.1 Å². The molecule has 7 N–H and O–H groups in total. The Bertz CT molecular complexity index is 3450. The number of alkyl halides is 1. The number of amides is 3. The zero-order valence-corrected chi connectivity index (χ0v) is 66.4. The van der Waals surface area contributed by atoms with Crippen LogP contribution in [0.15, 0.2) is 140 Å². The monoisotopic (exact) mass is 1560 g/mol. The van der Waals surface area contributed by atoms with Gasteiger partial charge in [-0.1, -0.05) is 158 Å². The van der Waals surface area contributed by atoms with Crippen molar-refractivity contribution in [2.45, 2.75) is 141 Å². The number of aliphatic hydroxyl groups is 4. The van der Waals surface area contributed by atoms with Crippen LogP contribution in [0.1, 0.15) is 81.7 Å². The van der Waals surface area contributed by atoms with Gasteiger partial charge in [0, 0.05) is 254 Å². The van der Waals surface area contributed by atoms with E-state index in [1.165, 1.54) is 29.2 Å². The molecule has 5 aromatic carbocycles. The topological polar surface area (TPSA) is 228 Å². The van der Waals surface area contributed by atoms with Gasteiger partial charge < -0.3 is 51.1 Å². The summed E-state index contributed by atoms with van der Waals surface area (Å²) >= 11 is 18.3. The van der Waals surface area contributed by atoms with Crippen LogP contribution in [0.4, 0.5) is 0 Å². The number of piperazine rings is 5. The molecule has 14 rings (SSSR count). The molecule has 0 aliphatic carbocycles. The van der Waals surface area contributed by atoms with Crippen LogP contribution in [0.5, 0.6) is 0 Å². The van der Waals surface area contributed by atoms with Gasteiger partial charge in [0.2, 0.25) is 17.7 Å². The highest BCUT2D eigenvalue weighted by Gasteiger charge is 2.36. The minimum Gasteiger partial charge on any atom is -0.392 e. The van der Waals surface area contributed by atoms with Crippen molar-refractivity contribution >= 4 is 52.5 Å². The van der Waals surface area contributed by atoms with E-state index in [1.807, 2.05) is 15.9 Å². The number of β-amino-alcohol motifs (C(OH)–C–C–N with tert-alkyl or cyclic N) is 4. The SMILES string of the molecule is C.CC#N.CC(=O)N1CCN(C(=O)Cc2ccc(Cl)c(Cl)c2)C(CN2CCC(O)C2)C1.CC(=O)N1CCNC(CN2CCC(O)C2)C1.ClCC1CN(Cc2ccccc2)CCN1Cc1ccccc1.O[C@@H]1CCN(CC2CN(Cc3ccccc3)CCN2Cc2ccccc2)C1.O[C@@H]1CCN(CC2CNCCN2)C1. The molecule has 9 fully saturated rings. The Hall–Kier alpha value is -5.73. The van der Waals surface area contributed by atoms with Crippen molar-refractivity contribution in [3.05, 3.63) is 177 Å². The summed E-state index contributed by atoms with van der Waals surface area (Å²) in [5, 5.41) is 57.0. The first-order valence-corrected chi connectivity index (χ1v) is 40.6. The largest absolute Gasteiger partial charge is 0.392 e. The molecule has 0 saturated carbocycles. The molecule has 25 heteroatoms. The molecule has 9 atom stereocenters. The summed E-state index contributed by atoms with van der Waals surface area (Å²) in [4.78, 5) is 61.1. The molecule has 22 nitrogen and oxygen atoms in total. The Labute approximate surface area is 665 Å². The summed E-state index contributed by atoms with van der Waals surface area (Å²) in [5.41, 5.74) is 6.35. The van der Waals surface area contributed by atoms with E-state index in [0.29, 0.717) is 72.8 Å². The molecule has 600 valence electrons. The highest BCUT2D eigenvalue weighted by Crippen LogP contribution is 2.26. The van der Waals surface area contributed by atoms with Crippen molar-refractivity contribution in [2.24, 2.45) is 0 Å². The molecule has 0 bridgehead atoms. The van der Waals surface area contributed by atoms with Crippen LogP contribution >= 0.6 is 34.8 Å². The number of benzene rings is 5. The summed E-state index contributed by atoms with van der Waals surface area (Å²) in [6.07, 6.45) is 3.04. The third kappa shape index (κ3) is 30.9. The summed E-state index contributed by atoms with van der Waals surface area (Å²) in [5.74, 6) is 0.894. The number of carbonyl (C=O) groups excluding carboxylic acids is 3. The number of nitrogens with zero attached hydrogens (tertiary/aromatic N) is 12. The fourth-order valence-electron chi connectivity index (χ4n) is 16.0. The lowest BCUT2D eigenvalue weighted by atomic mass is 10.1. The minimum atomic E-state index is -0.308. The molecule has 9 heterocycles. The summed E-state index contributed by atoms with van der Waals surface area (Å²) in [6.45, 7) is 33.2. The van der Waals surface area contributed by atoms with E-state index < -0.39 is 0 Å². The number of rotatable bonds is 19. The Kier molecular flexibility index (Phi) is 38.9. The number of nitrogens with one attached hydrogen (secondary N) is 3.